The molecule has 0 saturated heterocycles. The lowest BCUT2D eigenvalue weighted by Crippen LogP contribution is -1.95. The van der Waals surface area contributed by atoms with E-state index in [0.717, 1.165) is 0 Å². The van der Waals surface area contributed by atoms with Crippen molar-refractivity contribution in [2.45, 2.75) is 0 Å². The van der Waals surface area contributed by atoms with E-state index in [9.17, 15) is 4.79 Å². The average molecular weight is 214 g/mol. The van der Waals surface area contributed by atoms with E-state index in [4.69, 9.17) is 14.0 Å². The molecule has 1 rings (SSSR count). The monoisotopic (exact) mass is 214 g/mol. The minimum absolute atomic E-state index is 0.166. The third-order valence-corrected chi connectivity index (χ3v) is 2.07. The molecule has 5 heteroatoms. The highest BCUT2D eigenvalue weighted by molar-refractivity contribution is 8.09. The summed E-state index contributed by atoms with van der Waals surface area (Å²) in [4.78, 5) is 11.2. The largest absolute Gasteiger partial charge is 0.497 e. The van der Waals surface area contributed by atoms with Crippen molar-refractivity contribution in [3.63, 3.8) is 0 Å². The third-order valence-electron chi connectivity index (χ3n) is 1.67. The van der Waals surface area contributed by atoms with E-state index >= 15 is 0 Å². The second kappa shape index (κ2) is 4.88. The zero-order valence-electron chi connectivity index (χ0n) is 7.81. The number of hydrogen-bond donors (Lipinski definition) is 1. The average Bonchev–Trinajstić information content (AvgIpc) is 2.27. The number of ether oxygens (including phenoxy) is 2. The zero-order valence-corrected chi connectivity index (χ0v) is 8.63. The van der Waals surface area contributed by atoms with Crippen LogP contribution in [0, 0.1) is 0 Å². The lowest BCUT2D eigenvalue weighted by molar-refractivity contribution is 0.108. The summed E-state index contributed by atoms with van der Waals surface area (Å²) < 4.78 is 18.5. The first-order chi connectivity index (χ1) is 6.71. The molecule has 1 aromatic carbocycles. The van der Waals surface area contributed by atoms with Crippen molar-refractivity contribution in [3.8, 4) is 11.5 Å². The van der Waals surface area contributed by atoms with Crippen molar-refractivity contribution in [1.82, 2.24) is 0 Å². The summed E-state index contributed by atoms with van der Waals surface area (Å²) in [6, 6.07) is 4.72. The van der Waals surface area contributed by atoms with Gasteiger partial charge in [0.2, 0.25) is 5.12 Å². The number of hydrogen-bond acceptors (Lipinski definition) is 5. The van der Waals surface area contributed by atoms with Gasteiger partial charge in [-0.2, -0.15) is 0 Å². The minimum atomic E-state index is -0.442. The Labute approximate surface area is 86.0 Å². The van der Waals surface area contributed by atoms with Crippen molar-refractivity contribution in [2.75, 3.05) is 14.2 Å². The summed E-state index contributed by atoms with van der Waals surface area (Å²) in [5.41, 5.74) is 0.341. The van der Waals surface area contributed by atoms with Crippen molar-refractivity contribution >= 4 is 17.2 Å². The van der Waals surface area contributed by atoms with Crippen LogP contribution in [0.1, 0.15) is 10.4 Å². The summed E-state index contributed by atoms with van der Waals surface area (Å²) >= 11 is 0.166. The van der Waals surface area contributed by atoms with Gasteiger partial charge in [-0.15, -0.1) is 0 Å². The Morgan fingerprint density at radius 3 is 2.07 bits per heavy atom. The van der Waals surface area contributed by atoms with Crippen LogP contribution in [-0.4, -0.2) is 23.9 Å². The van der Waals surface area contributed by atoms with E-state index in [0.29, 0.717) is 17.1 Å². The lowest BCUT2D eigenvalue weighted by Gasteiger charge is -2.06. The van der Waals surface area contributed by atoms with Crippen LogP contribution in [0.15, 0.2) is 18.2 Å². The summed E-state index contributed by atoms with van der Waals surface area (Å²) in [7, 11) is 2.99. The number of carbonyl (C=O) groups is 1. The Kier molecular flexibility index (Phi) is 3.79. The fourth-order valence-electron chi connectivity index (χ4n) is 0.978. The first-order valence-corrected chi connectivity index (χ1v) is 4.57. The van der Waals surface area contributed by atoms with E-state index in [1.165, 1.54) is 26.4 Å². The summed E-state index contributed by atoms with van der Waals surface area (Å²) in [6.07, 6.45) is 0. The molecule has 0 spiro atoms. The van der Waals surface area contributed by atoms with Gasteiger partial charge in [0.25, 0.3) is 0 Å². The van der Waals surface area contributed by atoms with Gasteiger partial charge in [0.15, 0.2) is 0 Å². The van der Waals surface area contributed by atoms with Crippen molar-refractivity contribution in [3.05, 3.63) is 23.8 Å². The second-order valence-electron chi connectivity index (χ2n) is 2.48. The fraction of sp³-hybridized carbons (Fsp3) is 0.222. The number of methoxy groups -OCH3 is 2. The van der Waals surface area contributed by atoms with Gasteiger partial charge in [0, 0.05) is 11.6 Å². The molecule has 76 valence electrons. The van der Waals surface area contributed by atoms with E-state index < -0.39 is 5.12 Å². The quantitative estimate of drug-likeness (QED) is 0.780. The van der Waals surface area contributed by atoms with Gasteiger partial charge < -0.3 is 14.0 Å². The Balaban J connectivity index is 3.10. The maximum Gasteiger partial charge on any atom is 0.246 e. The van der Waals surface area contributed by atoms with Crippen LogP contribution in [-0.2, 0) is 0 Å². The van der Waals surface area contributed by atoms with Gasteiger partial charge in [-0.3, -0.25) is 4.79 Å². The molecule has 0 amide bonds. The van der Waals surface area contributed by atoms with Gasteiger partial charge in [-0.25, -0.2) is 0 Å². The van der Waals surface area contributed by atoms with Gasteiger partial charge in [-0.1, -0.05) is 0 Å². The molecule has 0 bridgehead atoms. The molecule has 14 heavy (non-hydrogen) atoms. The zero-order chi connectivity index (χ0) is 10.6. The molecule has 0 unspecified atom stereocenters. The minimum Gasteiger partial charge on any atom is -0.497 e. The van der Waals surface area contributed by atoms with E-state index in [-0.39, 0.29) is 12.0 Å². The maximum absolute atomic E-state index is 11.2. The number of carbonyl (C=O) groups excluding carboxylic acids is 1. The van der Waals surface area contributed by atoms with Crippen molar-refractivity contribution < 1.29 is 18.8 Å². The van der Waals surface area contributed by atoms with Crippen LogP contribution >= 0.6 is 12.0 Å². The molecule has 0 atom stereocenters. The molecule has 4 nitrogen and oxygen atoms in total. The lowest BCUT2D eigenvalue weighted by atomic mass is 10.2. The second-order valence-corrected chi connectivity index (χ2v) is 3.03. The Morgan fingerprint density at radius 1 is 1.21 bits per heavy atom. The number of benzene rings is 1. The summed E-state index contributed by atoms with van der Waals surface area (Å²) in [6.45, 7) is 0. The van der Waals surface area contributed by atoms with Gasteiger partial charge in [-0.05, 0) is 12.1 Å². The van der Waals surface area contributed by atoms with Crippen molar-refractivity contribution in [2.24, 2.45) is 0 Å². The summed E-state index contributed by atoms with van der Waals surface area (Å²) in [5, 5.41) is -0.442. The van der Waals surface area contributed by atoms with Crippen LogP contribution in [0.4, 0.5) is 0 Å². The molecular weight excluding hydrogens is 204 g/mol. The smallest absolute Gasteiger partial charge is 0.246 e. The summed E-state index contributed by atoms with van der Waals surface area (Å²) in [5.74, 6) is 1.03. The molecule has 0 radical (unpaired) electrons. The molecule has 0 saturated carbocycles. The normalized spacial score (nSPS) is 9.64. The number of rotatable bonds is 3. The molecule has 0 aliphatic heterocycles. The highest BCUT2D eigenvalue weighted by Crippen LogP contribution is 2.24. The molecule has 1 N–H and O–H groups in total. The topological polar surface area (TPSA) is 55.8 Å². The van der Waals surface area contributed by atoms with Gasteiger partial charge in [0.1, 0.15) is 11.5 Å². The van der Waals surface area contributed by atoms with E-state index in [1.807, 2.05) is 0 Å². The van der Waals surface area contributed by atoms with Crippen LogP contribution < -0.4 is 9.47 Å². The van der Waals surface area contributed by atoms with Crippen molar-refractivity contribution in [1.29, 1.82) is 0 Å². The first-order valence-electron chi connectivity index (χ1n) is 3.80. The molecule has 0 fully saturated rings. The first kappa shape index (κ1) is 10.9. The highest BCUT2D eigenvalue weighted by Gasteiger charge is 2.09. The fourth-order valence-corrected chi connectivity index (χ4v) is 1.20. The van der Waals surface area contributed by atoms with Crippen LogP contribution in [0.5, 0.6) is 11.5 Å². The Hall–Kier alpha value is -1.20. The van der Waals surface area contributed by atoms with Crippen LogP contribution in [0.25, 0.3) is 0 Å². The third kappa shape index (κ3) is 2.40. The molecule has 0 aliphatic carbocycles. The maximum atomic E-state index is 11.2. The molecular formula is C9H10O4S. The molecule has 0 heterocycles. The van der Waals surface area contributed by atoms with Gasteiger partial charge >= 0.3 is 0 Å². The van der Waals surface area contributed by atoms with Crippen LogP contribution in [0.2, 0.25) is 0 Å². The predicted octanol–water partition coefficient (Wildman–Crippen LogP) is 2.05. The van der Waals surface area contributed by atoms with E-state index in [2.05, 4.69) is 0 Å². The standard InChI is InChI=1S/C9H10O4S/c1-12-7-3-6(9(10)14-11)4-8(5-7)13-2/h3-5,11H,1-2H3. The Morgan fingerprint density at radius 2 is 1.71 bits per heavy atom. The molecule has 0 aliphatic rings. The Bertz CT molecular complexity index is 315. The van der Waals surface area contributed by atoms with E-state index in [1.54, 1.807) is 6.07 Å². The molecule has 1 aromatic rings. The van der Waals surface area contributed by atoms with Crippen LogP contribution in [0.3, 0.4) is 0 Å². The molecule has 0 aromatic heterocycles. The highest BCUT2D eigenvalue weighted by atomic mass is 32.2. The predicted molar refractivity (Wildman–Crippen MR) is 54.1 cm³/mol. The SMILES string of the molecule is COc1cc(OC)cc(C(=O)SO)c1. The van der Waals surface area contributed by atoms with Gasteiger partial charge in [0.05, 0.1) is 26.3 Å².